The number of fused-ring (bicyclic) bond motifs is 3. The lowest BCUT2D eigenvalue weighted by molar-refractivity contribution is 0.115. The van der Waals surface area contributed by atoms with Crippen LogP contribution in [0.15, 0.2) is 40.9 Å². The van der Waals surface area contributed by atoms with E-state index in [1.54, 1.807) is 22.5 Å². The van der Waals surface area contributed by atoms with Crippen LogP contribution in [0, 0.1) is 6.92 Å². The number of H-pyrrole nitrogens is 1. The summed E-state index contributed by atoms with van der Waals surface area (Å²) in [6.07, 6.45) is 5.59. The van der Waals surface area contributed by atoms with Gasteiger partial charge in [0, 0.05) is 41.0 Å². The van der Waals surface area contributed by atoms with Crippen molar-refractivity contribution in [3.05, 3.63) is 41.5 Å². The Balaban J connectivity index is 1.25. The van der Waals surface area contributed by atoms with Gasteiger partial charge in [-0.25, -0.2) is 18.4 Å². The Labute approximate surface area is 207 Å². The molecular formula is C23H26N8O2S2. The summed E-state index contributed by atoms with van der Waals surface area (Å²) in [5.41, 5.74) is 9.08. The van der Waals surface area contributed by atoms with Crippen LogP contribution in [-0.2, 0) is 10.0 Å². The van der Waals surface area contributed by atoms with Crippen LogP contribution in [0.1, 0.15) is 37.8 Å². The molecule has 12 heteroatoms. The molecule has 2 aliphatic rings. The lowest BCUT2D eigenvalue weighted by atomic mass is 9.84. The Morgan fingerprint density at radius 2 is 2.00 bits per heavy atom. The number of aryl methyl sites for hydroxylation is 1. The molecule has 0 amide bonds. The summed E-state index contributed by atoms with van der Waals surface area (Å²) in [7, 11) is -3.64. The first-order chi connectivity index (χ1) is 16.9. The zero-order valence-corrected chi connectivity index (χ0v) is 20.8. The molecule has 4 aromatic rings. The van der Waals surface area contributed by atoms with Crippen molar-refractivity contribution in [3.63, 3.8) is 0 Å². The Kier molecular flexibility index (Phi) is 5.46. The van der Waals surface area contributed by atoms with Crippen molar-refractivity contribution in [1.82, 2.24) is 29.5 Å². The van der Waals surface area contributed by atoms with E-state index in [4.69, 9.17) is 10.7 Å². The van der Waals surface area contributed by atoms with E-state index in [-0.39, 0.29) is 23.2 Å². The molecule has 2 bridgehead atoms. The van der Waals surface area contributed by atoms with Crippen molar-refractivity contribution in [1.29, 1.82) is 0 Å². The number of rotatable bonds is 5. The lowest BCUT2D eigenvalue weighted by Crippen LogP contribution is -2.57. The van der Waals surface area contributed by atoms with Crippen molar-refractivity contribution < 1.29 is 8.42 Å². The maximum absolute atomic E-state index is 13.4. The first-order valence-electron chi connectivity index (χ1n) is 11.7. The number of hydrogen-bond acceptors (Lipinski definition) is 9. The van der Waals surface area contributed by atoms with Crippen molar-refractivity contribution in [3.8, 4) is 11.3 Å². The first-order valence-corrected chi connectivity index (χ1v) is 14.0. The van der Waals surface area contributed by atoms with Gasteiger partial charge >= 0.3 is 0 Å². The summed E-state index contributed by atoms with van der Waals surface area (Å²) in [6.45, 7) is 1.95. The van der Waals surface area contributed by atoms with Crippen LogP contribution in [0.2, 0.25) is 0 Å². The third-order valence-corrected chi connectivity index (χ3v) is 9.66. The fourth-order valence-corrected chi connectivity index (χ4v) is 8.18. The fourth-order valence-electron chi connectivity index (χ4n) is 5.42. The Morgan fingerprint density at radius 3 is 2.69 bits per heavy atom. The molecule has 6 rings (SSSR count). The van der Waals surface area contributed by atoms with Crippen LogP contribution >= 0.6 is 11.3 Å². The number of nitrogens with two attached hydrogens (primary N) is 1. The highest BCUT2D eigenvalue weighted by Crippen LogP contribution is 2.39. The highest BCUT2D eigenvalue weighted by molar-refractivity contribution is 7.89. The van der Waals surface area contributed by atoms with Gasteiger partial charge in [-0.3, -0.25) is 5.10 Å². The molecule has 10 nitrogen and oxygen atoms in total. The summed E-state index contributed by atoms with van der Waals surface area (Å²) in [5, 5.41) is 13.7. The highest BCUT2D eigenvalue weighted by Gasteiger charge is 2.45. The van der Waals surface area contributed by atoms with Crippen molar-refractivity contribution in [2.75, 3.05) is 11.1 Å². The quantitative estimate of drug-likeness (QED) is 0.370. The number of thiophene rings is 1. The van der Waals surface area contributed by atoms with Crippen molar-refractivity contribution in [2.24, 2.45) is 0 Å². The number of anilines is 2. The fraction of sp³-hybridized carbons (Fsp3) is 0.391. The molecule has 0 radical (unpaired) electrons. The Bertz CT molecular complexity index is 1470. The van der Waals surface area contributed by atoms with Gasteiger partial charge in [0.15, 0.2) is 5.03 Å². The van der Waals surface area contributed by atoms with Gasteiger partial charge in [0.25, 0.3) is 10.0 Å². The number of aromatic nitrogens is 5. The zero-order chi connectivity index (χ0) is 24.2. The topological polar surface area (TPSA) is 143 Å². The predicted octanol–water partition coefficient (Wildman–Crippen LogP) is 3.55. The van der Waals surface area contributed by atoms with E-state index in [0.717, 1.165) is 46.4 Å². The molecule has 2 fully saturated rings. The summed E-state index contributed by atoms with van der Waals surface area (Å²) in [6, 6.07) is 6.88. The van der Waals surface area contributed by atoms with E-state index in [1.807, 2.05) is 18.4 Å². The minimum atomic E-state index is -3.64. The monoisotopic (exact) mass is 510 g/mol. The number of piperidine rings is 2. The predicted molar refractivity (Wildman–Crippen MR) is 135 cm³/mol. The van der Waals surface area contributed by atoms with Gasteiger partial charge < -0.3 is 11.1 Å². The standard InChI is InChI=1S/C23H26N8O2S2/c1-13-9-18(30-29-13)17-12-34-22-20(17)21(24)27-23(28-22)26-14-10-15-5-4-6-16(11-14)31(15)35(32,33)19-7-2-3-8-25-19/h2-3,7-9,12,14-16H,4-6,10-11H2,1H3,(H,29,30)(H3,24,26,27,28). The number of aromatic amines is 1. The Hall–Kier alpha value is -3.09. The van der Waals surface area contributed by atoms with Gasteiger partial charge in [0.05, 0.1) is 11.1 Å². The van der Waals surface area contributed by atoms with E-state index in [1.165, 1.54) is 17.5 Å². The maximum atomic E-state index is 13.4. The van der Waals surface area contributed by atoms with Gasteiger partial charge in [-0.2, -0.15) is 14.4 Å². The van der Waals surface area contributed by atoms with E-state index in [0.29, 0.717) is 24.6 Å². The average molecular weight is 511 g/mol. The molecule has 2 unspecified atom stereocenters. The lowest BCUT2D eigenvalue weighted by Gasteiger charge is -2.47. The number of hydrogen-bond donors (Lipinski definition) is 3. The number of nitrogen functional groups attached to an aromatic ring is 1. The van der Waals surface area contributed by atoms with Gasteiger partial charge in [0.1, 0.15) is 10.6 Å². The first kappa shape index (κ1) is 22.4. The van der Waals surface area contributed by atoms with Crippen LogP contribution in [0.25, 0.3) is 21.5 Å². The van der Waals surface area contributed by atoms with Gasteiger partial charge in [-0.15, -0.1) is 11.3 Å². The van der Waals surface area contributed by atoms with Crippen LogP contribution in [0.5, 0.6) is 0 Å². The molecule has 35 heavy (non-hydrogen) atoms. The summed E-state index contributed by atoms with van der Waals surface area (Å²) < 4.78 is 28.4. The SMILES string of the molecule is Cc1cc(-c2csc3nc(NC4CC5CCCC(C4)N5S(=O)(=O)c4ccccn4)nc(N)c23)n[nH]1. The smallest absolute Gasteiger partial charge is 0.261 e. The minimum Gasteiger partial charge on any atom is -0.383 e. The second kappa shape index (κ2) is 8.54. The molecule has 4 N–H and O–H groups in total. The minimum absolute atomic E-state index is 0.0609. The molecule has 0 aliphatic carbocycles. The van der Waals surface area contributed by atoms with E-state index >= 15 is 0 Å². The van der Waals surface area contributed by atoms with E-state index in [2.05, 4.69) is 25.5 Å². The molecule has 0 aromatic carbocycles. The molecule has 182 valence electrons. The molecule has 6 heterocycles. The van der Waals surface area contributed by atoms with Gasteiger partial charge in [0.2, 0.25) is 5.95 Å². The summed E-state index contributed by atoms with van der Waals surface area (Å²) >= 11 is 1.51. The van der Waals surface area contributed by atoms with Crippen molar-refractivity contribution >= 4 is 43.3 Å². The highest BCUT2D eigenvalue weighted by atomic mass is 32.2. The van der Waals surface area contributed by atoms with Crippen LogP contribution in [0.3, 0.4) is 0 Å². The number of pyridine rings is 1. The van der Waals surface area contributed by atoms with Crippen LogP contribution < -0.4 is 11.1 Å². The maximum Gasteiger partial charge on any atom is 0.261 e. The average Bonchev–Trinajstić information content (AvgIpc) is 3.45. The number of nitrogens with one attached hydrogen (secondary N) is 2. The van der Waals surface area contributed by atoms with E-state index < -0.39 is 10.0 Å². The third kappa shape index (κ3) is 3.95. The second-order valence-corrected chi connectivity index (χ2v) is 11.9. The summed E-state index contributed by atoms with van der Waals surface area (Å²) in [5.74, 6) is 0.885. The Morgan fingerprint density at radius 1 is 1.20 bits per heavy atom. The van der Waals surface area contributed by atoms with Gasteiger partial charge in [-0.05, 0) is 50.8 Å². The molecular weight excluding hydrogens is 484 g/mol. The van der Waals surface area contributed by atoms with Crippen molar-refractivity contribution in [2.45, 2.75) is 62.2 Å². The van der Waals surface area contributed by atoms with Gasteiger partial charge in [-0.1, -0.05) is 12.5 Å². The zero-order valence-electron chi connectivity index (χ0n) is 19.2. The normalized spacial score (nSPS) is 22.9. The molecule has 2 aliphatic heterocycles. The number of sulfonamides is 1. The number of nitrogens with zero attached hydrogens (tertiary/aromatic N) is 5. The third-order valence-electron chi connectivity index (χ3n) is 6.86. The van der Waals surface area contributed by atoms with E-state index in [9.17, 15) is 8.42 Å². The molecule has 2 atom stereocenters. The van der Waals surface area contributed by atoms with Crippen LogP contribution in [0.4, 0.5) is 11.8 Å². The molecule has 0 saturated carbocycles. The largest absolute Gasteiger partial charge is 0.383 e. The summed E-state index contributed by atoms with van der Waals surface area (Å²) in [4.78, 5) is 14.2. The molecule has 2 saturated heterocycles. The molecule has 4 aromatic heterocycles. The second-order valence-electron chi connectivity index (χ2n) is 9.25. The van der Waals surface area contributed by atoms with Crippen LogP contribution in [-0.4, -0.2) is 56.0 Å². The molecule has 0 spiro atoms.